The third kappa shape index (κ3) is 2.32. The zero-order chi connectivity index (χ0) is 12.4. The summed E-state index contributed by atoms with van der Waals surface area (Å²) in [5, 5.41) is 3.68. The van der Waals surface area contributed by atoms with Crippen molar-refractivity contribution in [2.75, 3.05) is 25.0 Å². The van der Waals surface area contributed by atoms with Crippen LogP contribution in [0.4, 0.5) is 5.69 Å². The number of hydrogen-bond donors (Lipinski definition) is 1. The van der Waals surface area contributed by atoms with Gasteiger partial charge in [0, 0.05) is 24.3 Å². The van der Waals surface area contributed by atoms with Crippen LogP contribution in [-0.2, 0) is 0 Å². The molecule has 98 valence electrons. The molecular formula is C15H22N2O. The predicted octanol–water partition coefficient (Wildman–Crippen LogP) is 2.73. The van der Waals surface area contributed by atoms with Crippen molar-refractivity contribution in [2.24, 2.45) is 0 Å². The normalized spacial score (nSPS) is 27.2. The van der Waals surface area contributed by atoms with Crippen LogP contribution in [0, 0.1) is 0 Å². The van der Waals surface area contributed by atoms with Crippen molar-refractivity contribution in [3.8, 4) is 5.75 Å². The van der Waals surface area contributed by atoms with Gasteiger partial charge >= 0.3 is 0 Å². The van der Waals surface area contributed by atoms with Crippen LogP contribution in [0.3, 0.4) is 0 Å². The standard InChI is InChI=1S/C15H22N2O/c1-2-18-13-7-5-12(6-8-13)16-14-9-11-17-10-3-4-15(14)17/h5-8,14-16H,2-4,9-11H2,1H3. The molecule has 18 heavy (non-hydrogen) atoms. The van der Waals surface area contributed by atoms with Gasteiger partial charge in [0.15, 0.2) is 0 Å². The summed E-state index contributed by atoms with van der Waals surface area (Å²) in [7, 11) is 0. The van der Waals surface area contributed by atoms with Gasteiger partial charge in [-0.05, 0) is 57.0 Å². The first-order valence-corrected chi connectivity index (χ1v) is 7.10. The number of nitrogens with one attached hydrogen (secondary N) is 1. The van der Waals surface area contributed by atoms with Crippen LogP contribution in [-0.4, -0.2) is 36.7 Å². The molecule has 1 aromatic carbocycles. The fourth-order valence-electron chi connectivity index (χ4n) is 3.28. The highest BCUT2D eigenvalue weighted by Gasteiger charge is 2.36. The van der Waals surface area contributed by atoms with Gasteiger partial charge in [0.1, 0.15) is 5.75 Å². The van der Waals surface area contributed by atoms with Crippen LogP contribution in [0.5, 0.6) is 5.75 Å². The molecule has 0 radical (unpaired) electrons. The summed E-state index contributed by atoms with van der Waals surface area (Å²) in [6.45, 7) is 5.30. The van der Waals surface area contributed by atoms with Gasteiger partial charge in [-0.15, -0.1) is 0 Å². The van der Waals surface area contributed by atoms with Crippen LogP contribution >= 0.6 is 0 Å². The van der Waals surface area contributed by atoms with E-state index in [2.05, 4.69) is 22.3 Å². The molecule has 0 aliphatic carbocycles. The molecule has 0 aromatic heterocycles. The van der Waals surface area contributed by atoms with Crippen molar-refractivity contribution >= 4 is 5.69 Å². The van der Waals surface area contributed by atoms with Crippen molar-refractivity contribution in [1.82, 2.24) is 4.90 Å². The van der Waals surface area contributed by atoms with E-state index < -0.39 is 0 Å². The van der Waals surface area contributed by atoms with Gasteiger partial charge in [0.25, 0.3) is 0 Å². The molecule has 0 bridgehead atoms. The Morgan fingerprint density at radius 3 is 2.83 bits per heavy atom. The second-order valence-electron chi connectivity index (χ2n) is 5.24. The number of ether oxygens (including phenoxy) is 1. The summed E-state index contributed by atoms with van der Waals surface area (Å²) < 4.78 is 5.46. The fourth-order valence-corrected chi connectivity index (χ4v) is 3.28. The molecule has 1 N–H and O–H groups in total. The van der Waals surface area contributed by atoms with E-state index in [1.165, 1.54) is 38.0 Å². The third-order valence-corrected chi connectivity index (χ3v) is 4.12. The molecule has 2 atom stereocenters. The summed E-state index contributed by atoms with van der Waals surface area (Å²) >= 11 is 0. The molecule has 3 heteroatoms. The van der Waals surface area contributed by atoms with E-state index >= 15 is 0 Å². The predicted molar refractivity (Wildman–Crippen MR) is 74.2 cm³/mol. The van der Waals surface area contributed by atoms with Crippen LogP contribution in [0.25, 0.3) is 0 Å². The third-order valence-electron chi connectivity index (χ3n) is 4.12. The molecule has 3 rings (SSSR count). The van der Waals surface area contributed by atoms with Gasteiger partial charge < -0.3 is 10.1 Å². The molecule has 0 amide bonds. The van der Waals surface area contributed by atoms with Gasteiger partial charge in [-0.2, -0.15) is 0 Å². The lowest BCUT2D eigenvalue weighted by Gasteiger charge is -2.22. The number of anilines is 1. The average Bonchev–Trinajstić information content (AvgIpc) is 2.97. The molecule has 3 nitrogen and oxygen atoms in total. The van der Waals surface area contributed by atoms with Gasteiger partial charge in [0.05, 0.1) is 6.61 Å². The smallest absolute Gasteiger partial charge is 0.119 e. The molecular weight excluding hydrogens is 224 g/mol. The number of fused-ring (bicyclic) bond motifs is 1. The van der Waals surface area contributed by atoms with Gasteiger partial charge in [0.2, 0.25) is 0 Å². The Bertz CT molecular complexity index is 390. The second-order valence-corrected chi connectivity index (χ2v) is 5.24. The fraction of sp³-hybridized carbons (Fsp3) is 0.600. The molecule has 2 unspecified atom stereocenters. The Kier molecular flexibility index (Phi) is 3.41. The summed E-state index contributed by atoms with van der Waals surface area (Å²) in [6, 6.07) is 9.74. The highest BCUT2D eigenvalue weighted by molar-refractivity contribution is 5.47. The summed E-state index contributed by atoms with van der Waals surface area (Å²) in [4.78, 5) is 2.63. The van der Waals surface area contributed by atoms with Crippen molar-refractivity contribution < 1.29 is 4.74 Å². The largest absolute Gasteiger partial charge is 0.494 e. The lowest BCUT2D eigenvalue weighted by Crippen LogP contribution is -2.33. The van der Waals surface area contributed by atoms with Crippen molar-refractivity contribution in [3.05, 3.63) is 24.3 Å². The van der Waals surface area contributed by atoms with E-state index in [-0.39, 0.29) is 0 Å². The van der Waals surface area contributed by atoms with Crippen LogP contribution < -0.4 is 10.1 Å². The summed E-state index contributed by atoms with van der Waals surface area (Å²) in [5.74, 6) is 0.956. The Morgan fingerprint density at radius 2 is 2.06 bits per heavy atom. The lowest BCUT2D eigenvalue weighted by molar-refractivity contribution is 0.318. The van der Waals surface area contributed by atoms with E-state index in [1.54, 1.807) is 0 Å². The van der Waals surface area contributed by atoms with E-state index in [0.717, 1.165) is 18.4 Å². The van der Waals surface area contributed by atoms with Gasteiger partial charge in [-0.3, -0.25) is 4.90 Å². The van der Waals surface area contributed by atoms with E-state index in [0.29, 0.717) is 6.04 Å². The van der Waals surface area contributed by atoms with Crippen molar-refractivity contribution in [3.63, 3.8) is 0 Å². The summed E-state index contributed by atoms with van der Waals surface area (Å²) in [5.41, 5.74) is 1.22. The molecule has 2 fully saturated rings. The minimum atomic E-state index is 0.630. The molecule has 0 saturated carbocycles. The van der Waals surface area contributed by atoms with Crippen molar-refractivity contribution in [1.29, 1.82) is 0 Å². The maximum atomic E-state index is 5.46. The lowest BCUT2D eigenvalue weighted by atomic mass is 10.1. The minimum Gasteiger partial charge on any atom is -0.494 e. The number of benzene rings is 1. The molecule has 0 spiro atoms. The molecule has 2 saturated heterocycles. The van der Waals surface area contributed by atoms with Gasteiger partial charge in [-0.25, -0.2) is 0 Å². The second kappa shape index (κ2) is 5.19. The molecule has 1 aromatic rings. The van der Waals surface area contributed by atoms with Crippen LogP contribution in [0.1, 0.15) is 26.2 Å². The van der Waals surface area contributed by atoms with Crippen molar-refractivity contribution in [2.45, 2.75) is 38.3 Å². The Morgan fingerprint density at radius 1 is 1.22 bits per heavy atom. The molecule has 2 aliphatic heterocycles. The molecule has 2 aliphatic rings. The topological polar surface area (TPSA) is 24.5 Å². The van der Waals surface area contributed by atoms with E-state index in [4.69, 9.17) is 4.74 Å². The Hall–Kier alpha value is -1.22. The highest BCUT2D eigenvalue weighted by atomic mass is 16.5. The average molecular weight is 246 g/mol. The zero-order valence-corrected chi connectivity index (χ0v) is 11.1. The maximum absolute atomic E-state index is 5.46. The van der Waals surface area contributed by atoms with E-state index in [1.807, 2.05) is 19.1 Å². The monoisotopic (exact) mass is 246 g/mol. The number of nitrogens with zero attached hydrogens (tertiary/aromatic N) is 1. The highest BCUT2D eigenvalue weighted by Crippen LogP contribution is 2.30. The van der Waals surface area contributed by atoms with Crippen LogP contribution in [0.15, 0.2) is 24.3 Å². The Balaban J connectivity index is 1.62. The quantitative estimate of drug-likeness (QED) is 0.884. The maximum Gasteiger partial charge on any atom is 0.119 e. The molecule has 2 heterocycles. The first-order valence-electron chi connectivity index (χ1n) is 7.10. The zero-order valence-electron chi connectivity index (χ0n) is 11.1. The van der Waals surface area contributed by atoms with Gasteiger partial charge in [-0.1, -0.05) is 0 Å². The minimum absolute atomic E-state index is 0.630. The van der Waals surface area contributed by atoms with E-state index in [9.17, 15) is 0 Å². The Labute approximate surface area is 109 Å². The van der Waals surface area contributed by atoms with Crippen LogP contribution in [0.2, 0.25) is 0 Å². The summed E-state index contributed by atoms with van der Waals surface area (Å²) in [6.07, 6.45) is 4.00. The SMILES string of the molecule is CCOc1ccc(NC2CCN3CCCC23)cc1. The first kappa shape index (κ1) is 11.8. The first-order chi connectivity index (χ1) is 8.86. The number of rotatable bonds is 4. The number of hydrogen-bond acceptors (Lipinski definition) is 3.